The maximum atomic E-state index is 10.7. The molecule has 2 heterocycles. The minimum Gasteiger partial charge on any atom is -0.472 e. The van der Waals surface area contributed by atoms with Gasteiger partial charge >= 0.3 is 0 Å². The second-order valence-corrected chi connectivity index (χ2v) is 6.13. The van der Waals surface area contributed by atoms with Crippen LogP contribution in [0.25, 0.3) is 0 Å². The Bertz CT molecular complexity index is 318. The molecule has 0 aromatic carbocycles. The molecule has 0 spiro atoms. The molecule has 1 atom stereocenters. The van der Waals surface area contributed by atoms with Crippen molar-refractivity contribution in [3.63, 3.8) is 0 Å². The molecule has 1 aliphatic rings. The van der Waals surface area contributed by atoms with Crippen molar-refractivity contribution < 1.29 is 9.52 Å². The largest absolute Gasteiger partial charge is 0.472 e. The summed E-state index contributed by atoms with van der Waals surface area (Å²) in [5, 5.41) is 10.7. The van der Waals surface area contributed by atoms with E-state index in [0.717, 1.165) is 23.5 Å². The van der Waals surface area contributed by atoms with Crippen molar-refractivity contribution in [2.24, 2.45) is 5.41 Å². The fourth-order valence-corrected chi connectivity index (χ4v) is 3.65. The van der Waals surface area contributed by atoms with Crippen molar-refractivity contribution in [2.75, 3.05) is 11.5 Å². The first kappa shape index (κ1) is 11.1. The average molecular weight is 226 g/mol. The van der Waals surface area contributed by atoms with Gasteiger partial charge in [0.2, 0.25) is 0 Å². The Labute approximate surface area is 95.1 Å². The smallest absolute Gasteiger partial charge is 0.0935 e. The highest BCUT2D eigenvalue weighted by Crippen LogP contribution is 2.44. The lowest BCUT2D eigenvalue weighted by molar-refractivity contribution is -0.0513. The van der Waals surface area contributed by atoms with E-state index in [9.17, 15) is 5.11 Å². The topological polar surface area (TPSA) is 33.4 Å². The molecular formula is C12H18O2S. The maximum absolute atomic E-state index is 10.7. The van der Waals surface area contributed by atoms with Gasteiger partial charge < -0.3 is 9.52 Å². The molecule has 1 aliphatic heterocycles. The van der Waals surface area contributed by atoms with Gasteiger partial charge in [-0.15, -0.1) is 0 Å². The van der Waals surface area contributed by atoms with E-state index in [2.05, 4.69) is 13.8 Å². The molecule has 0 radical (unpaired) electrons. The third-order valence-electron chi connectivity index (χ3n) is 3.55. The van der Waals surface area contributed by atoms with Gasteiger partial charge in [0.15, 0.2) is 0 Å². The molecule has 0 saturated carbocycles. The molecule has 15 heavy (non-hydrogen) atoms. The van der Waals surface area contributed by atoms with E-state index >= 15 is 0 Å². The summed E-state index contributed by atoms with van der Waals surface area (Å²) in [6.07, 6.45) is 5.17. The van der Waals surface area contributed by atoms with Crippen LogP contribution in [-0.2, 0) is 6.42 Å². The highest BCUT2D eigenvalue weighted by Gasteiger charge is 2.45. The van der Waals surface area contributed by atoms with E-state index in [4.69, 9.17) is 4.42 Å². The quantitative estimate of drug-likeness (QED) is 0.841. The third kappa shape index (κ3) is 2.08. The number of hydrogen-bond donors (Lipinski definition) is 1. The van der Waals surface area contributed by atoms with Gasteiger partial charge in [0.25, 0.3) is 0 Å². The number of thioether (sulfide) groups is 1. The van der Waals surface area contributed by atoms with E-state index < -0.39 is 5.60 Å². The van der Waals surface area contributed by atoms with Gasteiger partial charge in [-0.2, -0.15) is 11.8 Å². The number of hydrogen-bond acceptors (Lipinski definition) is 3. The summed E-state index contributed by atoms with van der Waals surface area (Å²) in [5.41, 5.74) is 0.489. The van der Waals surface area contributed by atoms with Crippen molar-refractivity contribution in [1.29, 1.82) is 0 Å². The van der Waals surface area contributed by atoms with E-state index in [0.29, 0.717) is 6.42 Å². The van der Waals surface area contributed by atoms with Gasteiger partial charge in [-0.05, 0) is 29.2 Å². The Kier molecular flexibility index (Phi) is 2.86. The predicted molar refractivity (Wildman–Crippen MR) is 63.1 cm³/mol. The maximum Gasteiger partial charge on any atom is 0.0935 e. The first-order valence-electron chi connectivity index (χ1n) is 5.35. The second kappa shape index (κ2) is 3.87. The van der Waals surface area contributed by atoms with Crippen molar-refractivity contribution >= 4 is 11.8 Å². The lowest BCUT2D eigenvalue weighted by atomic mass is 9.71. The van der Waals surface area contributed by atoms with Gasteiger partial charge in [-0.3, -0.25) is 0 Å². The molecule has 0 aliphatic carbocycles. The first-order valence-corrected chi connectivity index (χ1v) is 6.50. The van der Waals surface area contributed by atoms with Crippen LogP contribution in [-0.4, -0.2) is 22.2 Å². The Morgan fingerprint density at radius 1 is 1.53 bits per heavy atom. The van der Waals surface area contributed by atoms with Gasteiger partial charge in [0.1, 0.15) is 0 Å². The number of furan rings is 1. The minimum atomic E-state index is -0.597. The zero-order valence-corrected chi connectivity index (χ0v) is 10.1. The van der Waals surface area contributed by atoms with E-state index in [1.165, 1.54) is 0 Å². The summed E-state index contributed by atoms with van der Waals surface area (Å²) < 4.78 is 5.05. The van der Waals surface area contributed by atoms with Crippen molar-refractivity contribution in [3.05, 3.63) is 24.2 Å². The summed E-state index contributed by atoms with van der Waals surface area (Å²) in [4.78, 5) is 0. The molecule has 3 heteroatoms. The van der Waals surface area contributed by atoms with E-state index in [-0.39, 0.29) is 5.41 Å². The lowest BCUT2D eigenvalue weighted by Gasteiger charge is -2.46. The second-order valence-electron chi connectivity index (χ2n) is 5.03. The summed E-state index contributed by atoms with van der Waals surface area (Å²) in [6.45, 7) is 4.32. The molecule has 2 nitrogen and oxygen atoms in total. The Morgan fingerprint density at radius 3 is 2.93 bits per heavy atom. The fourth-order valence-electron chi connectivity index (χ4n) is 2.02. The minimum absolute atomic E-state index is 0.00444. The molecule has 1 aromatic heterocycles. The molecule has 1 N–H and O–H groups in total. The zero-order valence-electron chi connectivity index (χ0n) is 9.32. The lowest BCUT2D eigenvalue weighted by Crippen LogP contribution is -2.51. The van der Waals surface area contributed by atoms with Crippen LogP contribution in [0.3, 0.4) is 0 Å². The van der Waals surface area contributed by atoms with Crippen LogP contribution in [0.2, 0.25) is 0 Å². The van der Waals surface area contributed by atoms with Crippen molar-refractivity contribution in [3.8, 4) is 0 Å². The summed E-state index contributed by atoms with van der Waals surface area (Å²) >= 11 is 1.85. The van der Waals surface area contributed by atoms with Crippen LogP contribution in [0.1, 0.15) is 25.8 Å². The third-order valence-corrected chi connectivity index (χ3v) is 4.72. The normalized spacial score (nSPS) is 30.3. The van der Waals surface area contributed by atoms with Crippen LogP contribution in [0.5, 0.6) is 0 Å². The molecule has 1 aromatic rings. The fraction of sp³-hybridized carbons (Fsp3) is 0.667. The number of rotatable bonds is 2. The average Bonchev–Trinajstić information content (AvgIpc) is 2.63. The Hall–Kier alpha value is -0.410. The molecule has 1 unspecified atom stereocenters. The van der Waals surface area contributed by atoms with Gasteiger partial charge in [0.05, 0.1) is 18.1 Å². The number of aliphatic hydroxyl groups is 1. The van der Waals surface area contributed by atoms with Crippen LogP contribution in [0, 0.1) is 5.41 Å². The molecule has 0 bridgehead atoms. The van der Waals surface area contributed by atoms with Crippen molar-refractivity contribution in [2.45, 2.75) is 32.3 Å². The summed E-state index contributed by atoms with van der Waals surface area (Å²) in [7, 11) is 0. The zero-order chi connectivity index (χ0) is 10.9. The van der Waals surface area contributed by atoms with Gasteiger partial charge in [-0.1, -0.05) is 13.8 Å². The monoisotopic (exact) mass is 226 g/mol. The van der Waals surface area contributed by atoms with E-state index in [1.807, 2.05) is 17.8 Å². The molecule has 2 rings (SSSR count). The Balaban J connectivity index is 2.17. The summed E-state index contributed by atoms with van der Waals surface area (Å²) in [5.74, 6) is 1.98. The van der Waals surface area contributed by atoms with Gasteiger partial charge in [0, 0.05) is 12.2 Å². The highest BCUT2D eigenvalue weighted by atomic mass is 32.2. The molecule has 1 fully saturated rings. The molecule has 1 saturated heterocycles. The predicted octanol–water partition coefficient (Wildman–Crippen LogP) is 2.72. The SMILES string of the molecule is CC1(C)CCSCC1(O)Cc1ccoc1. The van der Waals surface area contributed by atoms with Crippen molar-refractivity contribution in [1.82, 2.24) is 0 Å². The van der Waals surface area contributed by atoms with Crippen LogP contribution in [0.4, 0.5) is 0 Å². The van der Waals surface area contributed by atoms with Crippen LogP contribution < -0.4 is 0 Å². The first-order chi connectivity index (χ1) is 7.04. The molecule has 84 valence electrons. The highest BCUT2D eigenvalue weighted by molar-refractivity contribution is 7.99. The van der Waals surface area contributed by atoms with Crippen LogP contribution >= 0.6 is 11.8 Å². The molecule has 0 amide bonds. The van der Waals surface area contributed by atoms with E-state index in [1.54, 1.807) is 12.5 Å². The van der Waals surface area contributed by atoms with Gasteiger partial charge in [-0.25, -0.2) is 0 Å². The summed E-state index contributed by atoms with van der Waals surface area (Å²) in [6, 6.07) is 1.94. The van der Waals surface area contributed by atoms with Crippen LogP contribution in [0.15, 0.2) is 23.0 Å². The molecular weight excluding hydrogens is 208 g/mol. The standard InChI is InChI=1S/C12H18O2S/c1-11(2)4-6-15-9-12(11,13)7-10-3-5-14-8-10/h3,5,8,13H,4,6-7,9H2,1-2H3. The Morgan fingerprint density at radius 2 is 2.33 bits per heavy atom.